The molecule has 1 amide bonds. The summed E-state index contributed by atoms with van der Waals surface area (Å²) >= 11 is 0. The first-order valence-electron chi connectivity index (χ1n) is 7.42. The fourth-order valence-electron chi connectivity index (χ4n) is 3.46. The highest BCUT2D eigenvalue weighted by Crippen LogP contribution is 2.43. The van der Waals surface area contributed by atoms with Gasteiger partial charge in [0.2, 0.25) is 5.91 Å². The molecule has 2 aliphatic carbocycles. The fourth-order valence-corrected chi connectivity index (χ4v) is 3.46. The lowest BCUT2D eigenvalue weighted by molar-refractivity contribution is -0.130. The first kappa shape index (κ1) is 12.4. The summed E-state index contributed by atoms with van der Waals surface area (Å²) in [5, 5.41) is 3.18. The zero-order valence-electron chi connectivity index (χ0n) is 11.3. The number of hydrogen-bond donors (Lipinski definition) is 2. The van der Waals surface area contributed by atoms with E-state index in [1.54, 1.807) is 0 Å². The molecule has 18 heavy (non-hydrogen) atoms. The van der Waals surface area contributed by atoms with Crippen molar-refractivity contribution in [2.75, 3.05) is 13.1 Å². The highest BCUT2D eigenvalue weighted by Gasteiger charge is 2.51. The van der Waals surface area contributed by atoms with Crippen molar-refractivity contribution < 1.29 is 4.79 Å². The standard InChI is InChI=1S/C14H25N3O/c1-10(13(18)16-12-4-2-3-5-12)17-8-14(15,9-17)11-6-7-11/h10-12H,2-9,15H2,1H3,(H,16,18). The van der Waals surface area contributed by atoms with E-state index < -0.39 is 0 Å². The van der Waals surface area contributed by atoms with Crippen molar-refractivity contribution in [1.29, 1.82) is 0 Å². The maximum absolute atomic E-state index is 12.1. The summed E-state index contributed by atoms with van der Waals surface area (Å²) in [5.41, 5.74) is 6.34. The lowest BCUT2D eigenvalue weighted by Gasteiger charge is -2.50. The van der Waals surface area contributed by atoms with E-state index in [2.05, 4.69) is 10.2 Å². The van der Waals surface area contributed by atoms with Crippen LogP contribution >= 0.6 is 0 Å². The van der Waals surface area contributed by atoms with Crippen LogP contribution in [0, 0.1) is 5.92 Å². The summed E-state index contributed by atoms with van der Waals surface area (Å²) in [5.74, 6) is 0.915. The Bertz CT molecular complexity index is 328. The SMILES string of the molecule is CC(C(=O)NC1CCCC1)N1CC(N)(C2CC2)C1. The largest absolute Gasteiger partial charge is 0.352 e. The van der Waals surface area contributed by atoms with Crippen LogP contribution in [-0.2, 0) is 4.79 Å². The number of amides is 1. The minimum atomic E-state index is -0.0129. The summed E-state index contributed by atoms with van der Waals surface area (Å²) in [4.78, 5) is 14.4. The summed E-state index contributed by atoms with van der Waals surface area (Å²) in [7, 11) is 0. The Morgan fingerprint density at radius 3 is 2.44 bits per heavy atom. The van der Waals surface area contributed by atoms with Gasteiger partial charge in [0.05, 0.1) is 6.04 Å². The molecule has 1 heterocycles. The van der Waals surface area contributed by atoms with Crippen LogP contribution in [0.2, 0.25) is 0 Å². The number of carbonyl (C=O) groups is 1. The summed E-state index contributed by atoms with van der Waals surface area (Å²) < 4.78 is 0. The van der Waals surface area contributed by atoms with Crippen molar-refractivity contribution in [1.82, 2.24) is 10.2 Å². The number of nitrogens with one attached hydrogen (secondary N) is 1. The molecule has 3 N–H and O–H groups in total. The number of carbonyl (C=O) groups excluding carboxylic acids is 1. The van der Waals surface area contributed by atoms with Gasteiger partial charge in [0.1, 0.15) is 0 Å². The van der Waals surface area contributed by atoms with Crippen LogP contribution in [0.4, 0.5) is 0 Å². The molecule has 0 aromatic rings. The third-order valence-electron chi connectivity index (χ3n) is 5.01. The van der Waals surface area contributed by atoms with Gasteiger partial charge in [0, 0.05) is 24.7 Å². The van der Waals surface area contributed by atoms with E-state index >= 15 is 0 Å². The van der Waals surface area contributed by atoms with E-state index in [9.17, 15) is 4.79 Å². The molecule has 0 aromatic heterocycles. The van der Waals surface area contributed by atoms with Crippen molar-refractivity contribution >= 4 is 5.91 Å². The highest BCUT2D eigenvalue weighted by molar-refractivity contribution is 5.81. The van der Waals surface area contributed by atoms with Crippen LogP contribution in [0.25, 0.3) is 0 Å². The third kappa shape index (κ3) is 2.28. The van der Waals surface area contributed by atoms with E-state index in [0.717, 1.165) is 31.8 Å². The molecule has 1 unspecified atom stereocenters. The van der Waals surface area contributed by atoms with Crippen molar-refractivity contribution in [2.45, 2.75) is 63.1 Å². The maximum atomic E-state index is 12.1. The van der Waals surface area contributed by atoms with Crippen LogP contribution in [0.1, 0.15) is 45.4 Å². The number of nitrogens with two attached hydrogens (primary N) is 1. The molecule has 2 saturated carbocycles. The van der Waals surface area contributed by atoms with Crippen LogP contribution in [0.15, 0.2) is 0 Å². The van der Waals surface area contributed by atoms with E-state index in [1.165, 1.54) is 25.7 Å². The number of rotatable bonds is 4. The fraction of sp³-hybridized carbons (Fsp3) is 0.929. The molecule has 4 nitrogen and oxygen atoms in total. The minimum absolute atomic E-state index is 0.0129. The molecular formula is C14H25N3O. The van der Waals surface area contributed by atoms with Gasteiger partial charge in [-0.3, -0.25) is 9.69 Å². The summed E-state index contributed by atoms with van der Waals surface area (Å²) in [6.45, 7) is 3.81. The van der Waals surface area contributed by atoms with Crippen LogP contribution in [0.3, 0.4) is 0 Å². The predicted octanol–water partition coefficient (Wildman–Crippen LogP) is 0.857. The molecule has 0 spiro atoms. The molecule has 4 heteroatoms. The molecule has 0 radical (unpaired) electrons. The van der Waals surface area contributed by atoms with Gasteiger partial charge in [-0.15, -0.1) is 0 Å². The molecule has 1 aliphatic heterocycles. The summed E-state index contributed by atoms with van der Waals surface area (Å²) in [6.07, 6.45) is 7.40. The van der Waals surface area contributed by atoms with Crippen molar-refractivity contribution in [3.63, 3.8) is 0 Å². The Morgan fingerprint density at radius 2 is 1.89 bits per heavy atom. The third-order valence-corrected chi connectivity index (χ3v) is 5.01. The first-order chi connectivity index (χ1) is 8.58. The first-order valence-corrected chi connectivity index (χ1v) is 7.42. The second kappa shape index (κ2) is 4.49. The number of likely N-dealkylation sites (tertiary alicyclic amines) is 1. The Balaban J connectivity index is 1.46. The van der Waals surface area contributed by atoms with Gasteiger partial charge in [0.25, 0.3) is 0 Å². The van der Waals surface area contributed by atoms with Crippen molar-refractivity contribution in [3.8, 4) is 0 Å². The predicted molar refractivity (Wildman–Crippen MR) is 71.1 cm³/mol. The van der Waals surface area contributed by atoms with Crippen molar-refractivity contribution in [3.05, 3.63) is 0 Å². The average Bonchev–Trinajstić information content (AvgIpc) is 3.04. The number of hydrogen-bond acceptors (Lipinski definition) is 3. The molecule has 3 aliphatic rings. The second-order valence-electron chi connectivity index (χ2n) is 6.58. The van der Waals surface area contributed by atoms with Crippen LogP contribution in [0.5, 0.6) is 0 Å². The van der Waals surface area contributed by atoms with E-state index in [-0.39, 0.29) is 17.5 Å². The zero-order chi connectivity index (χ0) is 12.8. The second-order valence-corrected chi connectivity index (χ2v) is 6.58. The molecule has 3 rings (SSSR count). The van der Waals surface area contributed by atoms with Gasteiger partial charge in [-0.1, -0.05) is 12.8 Å². The van der Waals surface area contributed by atoms with Gasteiger partial charge in [-0.25, -0.2) is 0 Å². The Kier molecular flexibility index (Phi) is 3.10. The van der Waals surface area contributed by atoms with Crippen LogP contribution < -0.4 is 11.1 Å². The summed E-state index contributed by atoms with van der Waals surface area (Å²) in [6, 6.07) is 0.410. The van der Waals surface area contributed by atoms with E-state index in [0.29, 0.717) is 6.04 Å². The molecule has 102 valence electrons. The van der Waals surface area contributed by atoms with E-state index in [4.69, 9.17) is 5.73 Å². The highest BCUT2D eigenvalue weighted by atomic mass is 16.2. The monoisotopic (exact) mass is 251 g/mol. The Hall–Kier alpha value is -0.610. The zero-order valence-corrected chi connectivity index (χ0v) is 11.3. The Labute approximate surface area is 109 Å². The Morgan fingerprint density at radius 1 is 1.28 bits per heavy atom. The van der Waals surface area contributed by atoms with Gasteiger partial charge >= 0.3 is 0 Å². The smallest absolute Gasteiger partial charge is 0.237 e. The normalized spacial score (nSPS) is 29.9. The van der Waals surface area contributed by atoms with Crippen molar-refractivity contribution in [2.24, 2.45) is 11.7 Å². The molecular weight excluding hydrogens is 226 g/mol. The quantitative estimate of drug-likeness (QED) is 0.779. The minimum Gasteiger partial charge on any atom is -0.352 e. The van der Waals surface area contributed by atoms with E-state index in [1.807, 2.05) is 6.92 Å². The lowest BCUT2D eigenvalue weighted by Crippen LogP contribution is -2.72. The molecule has 1 atom stereocenters. The maximum Gasteiger partial charge on any atom is 0.237 e. The molecule has 1 saturated heterocycles. The average molecular weight is 251 g/mol. The van der Waals surface area contributed by atoms with Gasteiger partial charge < -0.3 is 11.1 Å². The molecule has 0 bridgehead atoms. The van der Waals surface area contributed by atoms with Gasteiger partial charge in [0.15, 0.2) is 0 Å². The number of nitrogens with zero attached hydrogens (tertiary/aromatic N) is 1. The van der Waals surface area contributed by atoms with Gasteiger partial charge in [-0.05, 0) is 38.5 Å². The molecule has 3 fully saturated rings. The van der Waals surface area contributed by atoms with Gasteiger partial charge in [-0.2, -0.15) is 0 Å². The van der Waals surface area contributed by atoms with Crippen LogP contribution in [-0.4, -0.2) is 41.5 Å². The molecule has 0 aromatic carbocycles. The topological polar surface area (TPSA) is 58.4 Å². The lowest BCUT2D eigenvalue weighted by atomic mass is 9.84.